The topological polar surface area (TPSA) is 51.0 Å². The van der Waals surface area contributed by atoms with E-state index in [9.17, 15) is 4.79 Å². The monoisotopic (exact) mass is 560 g/mol. The van der Waals surface area contributed by atoms with Crippen molar-refractivity contribution in [3.8, 4) is 5.69 Å². The molecule has 0 spiro atoms. The molecule has 0 saturated heterocycles. The molecule has 0 unspecified atom stereocenters. The van der Waals surface area contributed by atoms with E-state index in [1.54, 1.807) is 11.8 Å². The van der Waals surface area contributed by atoms with Crippen molar-refractivity contribution in [1.82, 2.24) is 19.7 Å². The highest BCUT2D eigenvalue weighted by molar-refractivity contribution is 7.99. The summed E-state index contributed by atoms with van der Waals surface area (Å²) in [4.78, 5) is 15.4. The SMILES string of the molecule is Cc1ccc(-n2c(Cc3ccccc3)nnc2SCCCC(=O)N(CCc2ccccc2)Cc2ccccc2)cc1. The molecule has 5 rings (SSSR count). The number of hydrogen-bond acceptors (Lipinski definition) is 4. The molecule has 0 radical (unpaired) electrons. The fraction of sp³-hybridized carbons (Fsp3) is 0.229. The Morgan fingerprint density at radius 2 is 1.37 bits per heavy atom. The van der Waals surface area contributed by atoms with Gasteiger partial charge in [-0.25, -0.2) is 0 Å². The summed E-state index contributed by atoms with van der Waals surface area (Å²) >= 11 is 1.66. The number of rotatable bonds is 13. The van der Waals surface area contributed by atoms with Gasteiger partial charge in [0.25, 0.3) is 0 Å². The van der Waals surface area contributed by atoms with Crippen LogP contribution in [-0.4, -0.2) is 37.9 Å². The predicted octanol–water partition coefficient (Wildman–Crippen LogP) is 7.31. The summed E-state index contributed by atoms with van der Waals surface area (Å²) in [7, 11) is 0. The molecule has 0 N–H and O–H groups in total. The Hall–Kier alpha value is -4.16. The van der Waals surface area contributed by atoms with Gasteiger partial charge in [-0.2, -0.15) is 0 Å². The Kier molecular flexibility index (Phi) is 10.0. The first-order valence-corrected chi connectivity index (χ1v) is 15.2. The molecule has 6 heteroatoms. The average Bonchev–Trinajstić information content (AvgIpc) is 3.41. The third-order valence-electron chi connectivity index (χ3n) is 7.05. The zero-order valence-corrected chi connectivity index (χ0v) is 24.3. The molecular formula is C35H36N4OS. The van der Waals surface area contributed by atoms with Crippen LogP contribution in [0.3, 0.4) is 0 Å². The highest BCUT2D eigenvalue weighted by Crippen LogP contribution is 2.25. The van der Waals surface area contributed by atoms with Crippen LogP contribution in [0.1, 0.15) is 40.9 Å². The molecule has 0 saturated carbocycles. The van der Waals surface area contributed by atoms with Crippen LogP contribution in [0, 0.1) is 6.92 Å². The number of nitrogens with zero attached hydrogens (tertiary/aromatic N) is 4. The lowest BCUT2D eigenvalue weighted by atomic mass is 10.1. The Morgan fingerprint density at radius 1 is 0.756 bits per heavy atom. The van der Waals surface area contributed by atoms with Crippen LogP contribution in [-0.2, 0) is 24.2 Å². The highest BCUT2D eigenvalue weighted by Gasteiger charge is 2.17. The number of carbonyl (C=O) groups excluding carboxylic acids is 1. The second kappa shape index (κ2) is 14.5. The minimum absolute atomic E-state index is 0.190. The Bertz CT molecular complexity index is 1500. The molecule has 0 aliphatic heterocycles. The van der Waals surface area contributed by atoms with Gasteiger partial charge in [-0.05, 0) is 48.6 Å². The van der Waals surface area contributed by atoms with E-state index in [0.717, 1.165) is 40.8 Å². The van der Waals surface area contributed by atoms with Gasteiger partial charge in [-0.15, -0.1) is 10.2 Å². The molecule has 1 amide bonds. The van der Waals surface area contributed by atoms with Crippen LogP contribution in [0.15, 0.2) is 120 Å². The van der Waals surface area contributed by atoms with Gasteiger partial charge in [0.15, 0.2) is 5.16 Å². The van der Waals surface area contributed by atoms with Gasteiger partial charge in [0.05, 0.1) is 0 Å². The van der Waals surface area contributed by atoms with Crippen LogP contribution in [0.2, 0.25) is 0 Å². The summed E-state index contributed by atoms with van der Waals surface area (Å²) in [6.45, 7) is 3.42. The zero-order valence-electron chi connectivity index (χ0n) is 23.5. The molecule has 4 aromatic carbocycles. The van der Waals surface area contributed by atoms with E-state index in [1.165, 1.54) is 16.7 Å². The number of thioether (sulfide) groups is 1. The number of hydrogen-bond donors (Lipinski definition) is 0. The maximum Gasteiger partial charge on any atom is 0.222 e. The Balaban J connectivity index is 1.23. The first-order chi connectivity index (χ1) is 20.2. The van der Waals surface area contributed by atoms with Gasteiger partial charge in [-0.1, -0.05) is 120 Å². The van der Waals surface area contributed by atoms with Crippen molar-refractivity contribution >= 4 is 17.7 Å². The van der Waals surface area contributed by atoms with Crippen LogP contribution in [0.25, 0.3) is 5.69 Å². The van der Waals surface area contributed by atoms with Crippen LogP contribution < -0.4 is 0 Å². The highest BCUT2D eigenvalue weighted by atomic mass is 32.2. The molecule has 1 aromatic heterocycles. The summed E-state index contributed by atoms with van der Waals surface area (Å²) in [6.07, 6.45) is 2.83. The molecular weight excluding hydrogens is 524 g/mol. The molecule has 208 valence electrons. The first kappa shape index (κ1) is 28.4. The van der Waals surface area contributed by atoms with Crippen LogP contribution in [0.4, 0.5) is 0 Å². The smallest absolute Gasteiger partial charge is 0.222 e. The van der Waals surface area contributed by atoms with Crippen molar-refractivity contribution in [3.63, 3.8) is 0 Å². The average molecular weight is 561 g/mol. The van der Waals surface area contributed by atoms with Gasteiger partial charge >= 0.3 is 0 Å². The minimum atomic E-state index is 0.190. The number of aryl methyl sites for hydroxylation is 1. The summed E-state index contributed by atoms with van der Waals surface area (Å²) in [5.74, 6) is 1.89. The Morgan fingerprint density at radius 3 is 2.02 bits per heavy atom. The van der Waals surface area contributed by atoms with Crippen molar-refractivity contribution in [2.45, 2.75) is 44.3 Å². The summed E-state index contributed by atoms with van der Waals surface area (Å²) in [6, 6.07) is 39.5. The molecule has 0 atom stereocenters. The Labute approximate surface area is 247 Å². The first-order valence-electron chi connectivity index (χ1n) is 14.2. The molecule has 5 aromatic rings. The molecule has 41 heavy (non-hydrogen) atoms. The van der Waals surface area contributed by atoms with Crippen LogP contribution >= 0.6 is 11.8 Å². The predicted molar refractivity (Wildman–Crippen MR) is 167 cm³/mol. The third-order valence-corrected chi connectivity index (χ3v) is 8.06. The molecule has 0 aliphatic carbocycles. The number of aromatic nitrogens is 3. The number of benzene rings is 4. The quantitative estimate of drug-likeness (QED) is 0.112. The van der Waals surface area contributed by atoms with E-state index < -0.39 is 0 Å². The normalized spacial score (nSPS) is 11.0. The minimum Gasteiger partial charge on any atom is -0.338 e. The van der Waals surface area contributed by atoms with Crippen LogP contribution in [0.5, 0.6) is 0 Å². The fourth-order valence-corrected chi connectivity index (χ4v) is 5.70. The van der Waals surface area contributed by atoms with Crippen molar-refractivity contribution in [3.05, 3.63) is 143 Å². The van der Waals surface area contributed by atoms with E-state index in [4.69, 9.17) is 0 Å². The molecule has 5 nitrogen and oxygen atoms in total. The van der Waals surface area contributed by atoms with Crippen molar-refractivity contribution in [2.75, 3.05) is 12.3 Å². The molecule has 0 aliphatic rings. The maximum atomic E-state index is 13.4. The van der Waals surface area contributed by atoms with Gasteiger partial charge < -0.3 is 4.90 Å². The van der Waals surface area contributed by atoms with E-state index in [1.807, 2.05) is 35.2 Å². The molecule has 0 fully saturated rings. The van der Waals surface area contributed by atoms with E-state index >= 15 is 0 Å². The van der Waals surface area contributed by atoms with Gasteiger partial charge in [-0.3, -0.25) is 9.36 Å². The zero-order chi connectivity index (χ0) is 28.3. The summed E-state index contributed by atoms with van der Waals surface area (Å²) in [5, 5.41) is 9.99. The van der Waals surface area contributed by atoms with E-state index in [-0.39, 0.29) is 5.91 Å². The number of carbonyl (C=O) groups is 1. The fourth-order valence-electron chi connectivity index (χ4n) is 4.79. The molecule has 1 heterocycles. The standard InChI is InChI=1S/C35H36N4OS/c1-28-19-21-32(22-20-28)39-33(26-30-14-7-3-8-15-30)36-37-35(39)41-25-11-18-34(40)38(27-31-16-9-4-10-17-31)24-23-29-12-5-2-6-13-29/h2-10,12-17,19-22H,11,18,23-27H2,1H3. The lowest BCUT2D eigenvalue weighted by Gasteiger charge is -2.23. The van der Waals surface area contributed by atoms with E-state index in [0.29, 0.717) is 25.9 Å². The maximum absolute atomic E-state index is 13.4. The number of amides is 1. The summed E-state index contributed by atoms with van der Waals surface area (Å²) in [5.41, 5.74) is 5.87. The van der Waals surface area contributed by atoms with E-state index in [2.05, 4.69) is 107 Å². The molecule has 0 bridgehead atoms. The van der Waals surface area contributed by atoms with Gasteiger partial charge in [0.2, 0.25) is 5.91 Å². The third kappa shape index (κ3) is 8.18. The second-order valence-electron chi connectivity index (χ2n) is 10.2. The van der Waals surface area contributed by atoms with Gasteiger partial charge in [0.1, 0.15) is 5.82 Å². The second-order valence-corrected chi connectivity index (χ2v) is 11.3. The lowest BCUT2D eigenvalue weighted by Crippen LogP contribution is -2.32. The lowest BCUT2D eigenvalue weighted by molar-refractivity contribution is -0.131. The van der Waals surface area contributed by atoms with Crippen molar-refractivity contribution < 1.29 is 4.79 Å². The van der Waals surface area contributed by atoms with Crippen molar-refractivity contribution in [2.24, 2.45) is 0 Å². The van der Waals surface area contributed by atoms with Crippen molar-refractivity contribution in [1.29, 1.82) is 0 Å². The summed E-state index contributed by atoms with van der Waals surface area (Å²) < 4.78 is 2.15. The largest absolute Gasteiger partial charge is 0.338 e. The van der Waals surface area contributed by atoms with Gasteiger partial charge in [0, 0.05) is 37.4 Å².